The predicted octanol–water partition coefficient (Wildman–Crippen LogP) is 12.6. The molecule has 0 spiro atoms. The maximum absolute atomic E-state index is 16.1. The van der Waals surface area contributed by atoms with E-state index in [-0.39, 0.29) is 27.4 Å². The number of halogens is 6. The van der Waals surface area contributed by atoms with Gasteiger partial charge in [0.15, 0.2) is 0 Å². The van der Waals surface area contributed by atoms with Crippen molar-refractivity contribution < 1.29 is 26.3 Å². The molecule has 242 valence electrons. The lowest BCUT2D eigenvalue weighted by Gasteiger charge is -2.20. The largest absolute Gasteiger partial charge is 0.420 e. The Morgan fingerprint density at radius 3 is 1.49 bits per heavy atom. The van der Waals surface area contributed by atoms with Gasteiger partial charge in [-0.05, 0) is 102 Å². The van der Waals surface area contributed by atoms with Gasteiger partial charge in [-0.15, -0.1) is 0 Å². The Bertz CT molecular complexity index is 2830. The Hall–Kier alpha value is -5.50. The molecule has 0 atom stereocenters. The van der Waals surface area contributed by atoms with Gasteiger partial charge in [0.05, 0.1) is 38.8 Å². The minimum Gasteiger partial charge on any atom is -0.309 e. The van der Waals surface area contributed by atoms with Crippen LogP contribution in [0.5, 0.6) is 0 Å². The summed E-state index contributed by atoms with van der Waals surface area (Å²) in [6.45, 7) is 5.66. The van der Waals surface area contributed by atoms with Crippen LogP contribution in [0.25, 0.3) is 76.4 Å². The molecule has 6 aromatic carbocycles. The molecule has 9 aromatic rings. The summed E-state index contributed by atoms with van der Waals surface area (Å²) in [4.78, 5) is 0. The van der Waals surface area contributed by atoms with Gasteiger partial charge in [0, 0.05) is 26.9 Å². The van der Waals surface area contributed by atoms with Crippen molar-refractivity contribution in [3.05, 3.63) is 131 Å². The van der Waals surface area contributed by atoms with E-state index in [0.29, 0.717) is 32.8 Å². The van der Waals surface area contributed by atoms with Crippen molar-refractivity contribution in [2.75, 3.05) is 0 Å². The SMILES string of the molecule is Cc1ccc2c3ccc(C)cc3n(-c3ccc4c5cc(C(F)(F)F)cc(c5)c5ccc6c7ccc(C)cc7n(c6c5)c4c3C(F)(F)F)c2c1. The van der Waals surface area contributed by atoms with Crippen molar-refractivity contribution in [2.45, 2.75) is 33.1 Å². The number of benzene rings is 6. The molecular weight excluding hydrogens is 634 g/mol. The van der Waals surface area contributed by atoms with Gasteiger partial charge in [-0.25, -0.2) is 0 Å². The second-order valence-corrected chi connectivity index (χ2v) is 13.1. The third-order valence-corrected chi connectivity index (χ3v) is 9.81. The quantitative estimate of drug-likeness (QED) is 0.155. The molecule has 0 saturated heterocycles. The first kappa shape index (κ1) is 29.6. The zero-order valence-corrected chi connectivity index (χ0v) is 26.5. The van der Waals surface area contributed by atoms with Gasteiger partial charge < -0.3 is 8.97 Å². The standard InChI is InChI=1S/C41H26F6N2/c1-21-4-8-29-30-9-5-22(2)15-35(30)48(34(29)14-21)33-13-12-28-26-17-25(18-27(19-26)40(42,43)44)24-7-11-32-31-10-6-23(3)16-36(31)49(37(32)20-24)39(28)38(33)41(45,46)47/h4-20H,1-3H3. The van der Waals surface area contributed by atoms with E-state index >= 15 is 13.2 Å². The molecule has 0 aliphatic heterocycles. The molecule has 0 N–H and O–H groups in total. The number of aromatic nitrogens is 2. The fourth-order valence-corrected chi connectivity index (χ4v) is 7.67. The van der Waals surface area contributed by atoms with Gasteiger partial charge in [-0.3, -0.25) is 0 Å². The van der Waals surface area contributed by atoms with Crippen molar-refractivity contribution in [1.82, 2.24) is 8.97 Å². The van der Waals surface area contributed by atoms with Crippen LogP contribution in [-0.4, -0.2) is 8.97 Å². The predicted molar refractivity (Wildman–Crippen MR) is 186 cm³/mol. The van der Waals surface area contributed by atoms with E-state index in [9.17, 15) is 13.2 Å². The minimum atomic E-state index is -4.92. The lowest BCUT2D eigenvalue weighted by molar-refractivity contribution is -0.137. The maximum atomic E-state index is 16.1. The molecule has 9 rings (SSSR count). The second kappa shape index (κ2) is 9.78. The number of nitrogens with zero attached hydrogens (tertiary/aromatic N) is 2. The molecular formula is C41H26F6N2. The molecule has 3 heterocycles. The molecule has 8 heteroatoms. The first-order valence-corrected chi connectivity index (χ1v) is 15.8. The van der Waals surface area contributed by atoms with E-state index in [1.165, 1.54) is 6.07 Å². The second-order valence-electron chi connectivity index (χ2n) is 13.1. The Kier molecular flexibility index (Phi) is 5.91. The van der Waals surface area contributed by atoms with Gasteiger partial charge >= 0.3 is 12.4 Å². The van der Waals surface area contributed by atoms with Crippen molar-refractivity contribution in [2.24, 2.45) is 0 Å². The van der Waals surface area contributed by atoms with Crippen LogP contribution in [0, 0.1) is 20.8 Å². The monoisotopic (exact) mass is 660 g/mol. The molecule has 0 saturated carbocycles. The van der Waals surface area contributed by atoms with E-state index < -0.39 is 23.5 Å². The number of fused-ring (bicyclic) bond motifs is 13. The summed E-state index contributed by atoms with van der Waals surface area (Å²) in [6, 6.07) is 28.9. The van der Waals surface area contributed by atoms with Crippen LogP contribution in [0.2, 0.25) is 0 Å². The van der Waals surface area contributed by atoms with Crippen LogP contribution >= 0.6 is 0 Å². The first-order chi connectivity index (χ1) is 23.3. The van der Waals surface area contributed by atoms with Crippen LogP contribution < -0.4 is 0 Å². The molecule has 4 bridgehead atoms. The van der Waals surface area contributed by atoms with Crippen molar-refractivity contribution >= 4 is 70.7 Å². The topological polar surface area (TPSA) is 9.34 Å². The molecule has 3 aromatic heterocycles. The van der Waals surface area contributed by atoms with Crippen LogP contribution in [-0.2, 0) is 12.4 Å². The Balaban J connectivity index is 1.63. The number of rotatable bonds is 1. The van der Waals surface area contributed by atoms with Gasteiger partial charge in [-0.1, -0.05) is 54.6 Å². The fourth-order valence-electron chi connectivity index (χ4n) is 7.67. The van der Waals surface area contributed by atoms with Gasteiger partial charge in [0.1, 0.15) is 5.56 Å². The van der Waals surface area contributed by atoms with E-state index in [2.05, 4.69) is 0 Å². The van der Waals surface area contributed by atoms with Crippen LogP contribution in [0.3, 0.4) is 0 Å². The number of hydrogen-bond acceptors (Lipinski definition) is 0. The molecule has 0 aliphatic carbocycles. The molecule has 0 fully saturated rings. The van der Waals surface area contributed by atoms with E-state index in [4.69, 9.17) is 0 Å². The number of alkyl halides is 6. The lowest BCUT2D eigenvalue weighted by atomic mass is 10.0. The summed E-state index contributed by atoms with van der Waals surface area (Å²) >= 11 is 0. The van der Waals surface area contributed by atoms with E-state index in [0.717, 1.165) is 45.0 Å². The highest BCUT2D eigenvalue weighted by Gasteiger charge is 2.39. The first-order valence-electron chi connectivity index (χ1n) is 15.8. The summed E-state index contributed by atoms with van der Waals surface area (Å²) in [5.74, 6) is 0. The highest BCUT2D eigenvalue weighted by molar-refractivity contribution is 6.15. The van der Waals surface area contributed by atoms with Gasteiger partial charge in [0.25, 0.3) is 0 Å². The average Bonchev–Trinajstić information content (AvgIpc) is 3.53. The molecule has 0 amide bonds. The Labute approximate surface area is 275 Å². The smallest absolute Gasteiger partial charge is 0.309 e. The summed E-state index contributed by atoms with van der Waals surface area (Å²) in [5, 5.41) is 3.93. The van der Waals surface area contributed by atoms with E-state index in [1.54, 1.807) is 39.3 Å². The third kappa shape index (κ3) is 4.29. The van der Waals surface area contributed by atoms with Crippen LogP contribution in [0.15, 0.2) is 103 Å². The minimum absolute atomic E-state index is 0.0517. The van der Waals surface area contributed by atoms with Crippen LogP contribution in [0.1, 0.15) is 27.8 Å². The fraction of sp³-hybridized carbons (Fsp3) is 0.122. The number of hydrogen-bond donors (Lipinski definition) is 0. The van der Waals surface area contributed by atoms with Crippen LogP contribution in [0.4, 0.5) is 26.3 Å². The summed E-state index contributed by atoms with van der Waals surface area (Å²) in [6.07, 6.45) is -9.63. The Morgan fingerprint density at radius 2 is 0.918 bits per heavy atom. The highest BCUT2D eigenvalue weighted by Crippen LogP contribution is 2.46. The van der Waals surface area contributed by atoms with Gasteiger partial charge in [-0.2, -0.15) is 26.3 Å². The average molecular weight is 661 g/mol. The molecule has 0 radical (unpaired) electrons. The normalized spacial score (nSPS) is 13.0. The summed E-state index contributed by atoms with van der Waals surface area (Å²) in [5.41, 5.74) is 2.66. The lowest BCUT2D eigenvalue weighted by Crippen LogP contribution is -2.13. The molecule has 2 nitrogen and oxygen atoms in total. The zero-order chi connectivity index (χ0) is 34.1. The summed E-state index contributed by atoms with van der Waals surface area (Å²) in [7, 11) is 0. The van der Waals surface area contributed by atoms with Crippen molar-refractivity contribution in [3.8, 4) is 5.69 Å². The third-order valence-electron chi connectivity index (χ3n) is 9.81. The Morgan fingerprint density at radius 1 is 0.429 bits per heavy atom. The van der Waals surface area contributed by atoms with Gasteiger partial charge in [0.2, 0.25) is 0 Å². The summed E-state index contributed by atoms with van der Waals surface area (Å²) < 4.78 is 94.7. The molecule has 49 heavy (non-hydrogen) atoms. The van der Waals surface area contributed by atoms with Crippen molar-refractivity contribution in [1.29, 1.82) is 0 Å². The highest BCUT2D eigenvalue weighted by atomic mass is 19.4. The molecule has 0 aliphatic rings. The molecule has 0 unspecified atom stereocenters. The number of aryl methyl sites for hydroxylation is 3. The van der Waals surface area contributed by atoms with Crippen molar-refractivity contribution in [3.63, 3.8) is 0 Å². The maximum Gasteiger partial charge on any atom is 0.420 e. The zero-order valence-electron chi connectivity index (χ0n) is 26.5. The van der Waals surface area contributed by atoms with E-state index in [1.807, 2.05) is 75.4 Å².